The summed E-state index contributed by atoms with van der Waals surface area (Å²) in [5.74, 6) is 1.72. The summed E-state index contributed by atoms with van der Waals surface area (Å²) in [5.41, 5.74) is 1.37. The highest BCUT2D eigenvalue weighted by molar-refractivity contribution is 5.31. The van der Waals surface area contributed by atoms with Gasteiger partial charge in [0, 0.05) is 12.1 Å². The molecule has 0 aromatic heterocycles. The van der Waals surface area contributed by atoms with E-state index in [0.29, 0.717) is 12.1 Å². The van der Waals surface area contributed by atoms with Crippen molar-refractivity contribution >= 4 is 0 Å². The fourth-order valence-electron chi connectivity index (χ4n) is 2.62. The fourth-order valence-corrected chi connectivity index (χ4v) is 2.62. The van der Waals surface area contributed by atoms with E-state index >= 15 is 0 Å². The van der Waals surface area contributed by atoms with Crippen molar-refractivity contribution in [3.05, 3.63) is 29.8 Å². The third-order valence-corrected chi connectivity index (χ3v) is 4.03. The molecule has 16 heavy (non-hydrogen) atoms. The third-order valence-electron chi connectivity index (χ3n) is 4.03. The van der Waals surface area contributed by atoms with Crippen molar-refractivity contribution in [1.29, 1.82) is 0 Å². The van der Waals surface area contributed by atoms with Gasteiger partial charge in [-0.25, -0.2) is 0 Å². The van der Waals surface area contributed by atoms with Crippen molar-refractivity contribution in [3.63, 3.8) is 0 Å². The largest absolute Gasteiger partial charge is 0.497 e. The molecule has 3 atom stereocenters. The molecule has 1 aromatic carbocycles. The molecule has 1 saturated heterocycles. The Bertz CT molecular complexity index is 364. The molecule has 88 valence electrons. The molecular weight excluding hydrogens is 198 g/mol. The van der Waals surface area contributed by atoms with Crippen LogP contribution in [0.1, 0.15) is 31.9 Å². The number of likely N-dealkylation sites (tertiary alicyclic amines) is 1. The smallest absolute Gasteiger partial charge is 0.119 e. The number of benzene rings is 1. The molecule has 2 rings (SSSR count). The molecule has 1 aliphatic heterocycles. The van der Waals surface area contributed by atoms with Crippen LogP contribution in [0.2, 0.25) is 0 Å². The summed E-state index contributed by atoms with van der Waals surface area (Å²) in [6.07, 6.45) is 1.24. The molecule has 0 bridgehead atoms. The van der Waals surface area contributed by atoms with E-state index in [9.17, 15) is 0 Å². The summed E-state index contributed by atoms with van der Waals surface area (Å²) < 4.78 is 5.28. The van der Waals surface area contributed by atoms with Crippen molar-refractivity contribution in [2.75, 3.05) is 14.2 Å². The van der Waals surface area contributed by atoms with Gasteiger partial charge in [0.15, 0.2) is 0 Å². The first-order valence-electron chi connectivity index (χ1n) is 5.99. The predicted molar refractivity (Wildman–Crippen MR) is 66.7 cm³/mol. The average Bonchev–Trinajstić information content (AvgIpc) is 2.57. The summed E-state index contributed by atoms with van der Waals surface area (Å²) in [4.78, 5) is 2.47. The normalized spacial score (nSPS) is 30.6. The predicted octanol–water partition coefficient (Wildman–Crippen LogP) is 3.10. The van der Waals surface area contributed by atoms with Crippen LogP contribution in [0, 0.1) is 5.92 Å². The van der Waals surface area contributed by atoms with Crippen LogP contribution in [-0.2, 0) is 0 Å². The van der Waals surface area contributed by atoms with Gasteiger partial charge in [0.1, 0.15) is 5.75 Å². The summed E-state index contributed by atoms with van der Waals surface area (Å²) in [5, 5.41) is 0. The molecule has 0 saturated carbocycles. The lowest BCUT2D eigenvalue weighted by Gasteiger charge is -2.24. The molecule has 3 unspecified atom stereocenters. The number of methoxy groups -OCH3 is 1. The van der Waals surface area contributed by atoms with Crippen LogP contribution < -0.4 is 4.74 Å². The first-order chi connectivity index (χ1) is 7.63. The zero-order valence-electron chi connectivity index (χ0n) is 10.6. The third kappa shape index (κ3) is 1.94. The zero-order valence-corrected chi connectivity index (χ0v) is 10.6. The first kappa shape index (κ1) is 11.5. The van der Waals surface area contributed by atoms with Crippen LogP contribution in [0.3, 0.4) is 0 Å². The second-order valence-electron chi connectivity index (χ2n) is 4.91. The van der Waals surface area contributed by atoms with Crippen molar-refractivity contribution in [3.8, 4) is 5.75 Å². The molecule has 0 aliphatic carbocycles. The van der Waals surface area contributed by atoms with E-state index in [1.165, 1.54) is 12.0 Å². The van der Waals surface area contributed by atoms with Crippen molar-refractivity contribution in [1.82, 2.24) is 4.90 Å². The van der Waals surface area contributed by atoms with E-state index < -0.39 is 0 Å². The monoisotopic (exact) mass is 219 g/mol. The lowest BCUT2D eigenvalue weighted by Crippen LogP contribution is -2.26. The molecule has 0 spiro atoms. The number of rotatable bonds is 2. The van der Waals surface area contributed by atoms with Crippen LogP contribution in [0.4, 0.5) is 0 Å². The van der Waals surface area contributed by atoms with Gasteiger partial charge in [-0.15, -0.1) is 0 Å². The quantitative estimate of drug-likeness (QED) is 0.758. The summed E-state index contributed by atoms with van der Waals surface area (Å²) >= 11 is 0. The summed E-state index contributed by atoms with van der Waals surface area (Å²) in [6, 6.07) is 9.65. The maximum absolute atomic E-state index is 5.28. The van der Waals surface area contributed by atoms with E-state index in [-0.39, 0.29) is 0 Å². The molecular formula is C14H21NO. The Kier molecular flexibility index (Phi) is 3.20. The Labute approximate surface area is 98.2 Å². The Morgan fingerprint density at radius 2 is 2.06 bits per heavy atom. The lowest BCUT2D eigenvalue weighted by atomic mass is 9.99. The van der Waals surface area contributed by atoms with Gasteiger partial charge in [-0.05, 0) is 44.0 Å². The van der Waals surface area contributed by atoms with Gasteiger partial charge in [-0.3, -0.25) is 4.90 Å². The Morgan fingerprint density at radius 1 is 1.31 bits per heavy atom. The summed E-state index contributed by atoms with van der Waals surface area (Å²) in [7, 11) is 3.95. The molecule has 0 amide bonds. The molecule has 1 aliphatic rings. The molecule has 1 fully saturated rings. The highest BCUT2D eigenvalue weighted by atomic mass is 16.5. The van der Waals surface area contributed by atoms with E-state index in [1.807, 2.05) is 6.07 Å². The number of ether oxygens (including phenoxy) is 1. The second-order valence-corrected chi connectivity index (χ2v) is 4.91. The van der Waals surface area contributed by atoms with Crippen LogP contribution in [0.5, 0.6) is 5.75 Å². The Morgan fingerprint density at radius 3 is 2.62 bits per heavy atom. The molecule has 1 aromatic rings. The molecule has 1 heterocycles. The standard InChI is InChI=1S/C14H21NO/c1-10-8-14(15(3)11(10)2)12-6-5-7-13(9-12)16-4/h5-7,9-11,14H,8H2,1-4H3. The van der Waals surface area contributed by atoms with E-state index in [2.05, 4.69) is 44.0 Å². The van der Waals surface area contributed by atoms with Crippen molar-refractivity contribution < 1.29 is 4.74 Å². The number of nitrogens with zero attached hydrogens (tertiary/aromatic N) is 1. The SMILES string of the molecule is COc1cccc(C2CC(C)C(C)N2C)c1. The van der Waals surface area contributed by atoms with E-state index in [4.69, 9.17) is 4.74 Å². The van der Waals surface area contributed by atoms with E-state index in [1.54, 1.807) is 7.11 Å². The highest BCUT2D eigenvalue weighted by Crippen LogP contribution is 2.38. The highest BCUT2D eigenvalue weighted by Gasteiger charge is 2.34. The molecule has 0 N–H and O–H groups in total. The van der Waals surface area contributed by atoms with Gasteiger partial charge in [0.05, 0.1) is 7.11 Å². The molecule has 2 nitrogen and oxygen atoms in total. The minimum atomic E-state index is 0.542. The van der Waals surface area contributed by atoms with Crippen LogP contribution in [0.15, 0.2) is 24.3 Å². The average molecular weight is 219 g/mol. The van der Waals surface area contributed by atoms with Gasteiger partial charge < -0.3 is 4.74 Å². The van der Waals surface area contributed by atoms with Gasteiger partial charge >= 0.3 is 0 Å². The van der Waals surface area contributed by atoms with E-state index in [0.717, 1.165) is 11.7 Å². The number of hydrogen-bond donors (Lipinski definition) is 0. The van der Waals surface area contributed by atoms with Crippen molar-refractivity contribution in [2.45, 2.75) is 32.4 Å². The maximum atomic E-state index is 5.28. The molecule has 0 radical (unpaired) electrons. The summed E-state index contributed by atoms with van der Waals surface area (Å²) in [6.45, 7) is 4.65. The van der Waals surface area contributed by atoms with Gasteiger partial charge in [-0.1, -0.05) is 19.1 Å². The van der Waals surface area contributed by atoms with Gasteiger partial charge in [0.25, 0.3) is 0 Å². The first-order valence-corrected chi connectivity index (χ1v) is 5.99. The Balaban J connectivity index is 2.24. The maximum Gasteiger partial charge on any atom is 0.119 e. The van der Waals surface area contributed by atoms with Gasteiger partial charge in [0.2, 0.25) is 0 Å². The second kappa shape index (κ2) is 4.46. The van der Waals surface area contributed by atoms with Crippen LogP contribution in [0.25, 0.3) is 0 Å². The van der Waals surface area contributed by atoms with Crippen LogP contribution in [-0.4, -0.2) is 25.1 Å². The van der Waals surface area contributed by atoms with Gasteiger partial charge in [-0.2, -0.15) is 0 Å². The zero-order chi connectivity index (χ0) is 11.7. The fraction of sp³-hybridized carbons (Fsp3) is 0.571. The minimum absolute atomic E-state index is 0.542. The number of hydrogen-bond acceptors (Lipinski definition) is 2. The Hall–Kier alpha value is -1.02. The lowest BCUT2D eigenvalue weighted by molar-refractivity contribution is 0.244. The minimum Gasteiger partial charge on any atom is -0.497 e. The molecule has 2 heteroatoms. The topological polar surface area (TPSA) is 12.5 Å². The van der Waals surface area contributed by atoms with Crippen LogP contribution >= 0.6 is 0 Å². The van der Waals surface area contributed by atoms with Crippen molar-refractivity contribution in [2.24, 2.45) is 5.92 Å².